The molecule has 1 atom stereocenters. The molecule has 0 radical (unpaired) electrons. The van der Waals surface area contributed by atoms with Crippen LogP contribution in [0.4, 0.5) is 21.8 Å². The Morgan fingerprint density at radius 3 is 2.63 bits per heavy atom. The Kier molecular flexibility index (Phi) is 8.37. The summed E-state index contributed by atoms with van der Waals surface area (Å²) in [4.78, 5) is 11.3. The van der Waals surface area contributed by atoms with Crippen LogP contribution in [0.25, 0.3) is 11.3 Å². The van der Waals surface area contributed by atoms with Crippen molar-refractivity contribution in [3.63, 3.8) is 0 Å². The minimum absolute atomic E-state index is 0.0917. The zero-order valence-corrected chi connectivity index (χ0v) is 27.9. The van der Waals surface area contributed by atoms with Crippen molar-refractivity contribution in [3.05, 3.63) is 46.7 Å². The smallest absolute Gasteiger partial charge is 0.228 e. The van der Waals surface area contributed by atoms with Gasteiger partial charge in [-0.1, -0.05) is 39.3 Å². The van der Waals surface area contributed by atoms with E-state index >= 15 is 4.39 Å². The van der Waals surface area contributed by atoms with Crippen LogP contribution < -0.4 is 10.6 Å². The maximum Gasteiger partial charge on any atom is 0.228 e. The zero-order chi connectivity index (χ0) is 31.2. The molecule has 0 unspecified atom stereocenters. The lowest BCUT2D eigenvalue weighted by molar-refractivity contribution is 0.0505. The van der Waals surface area contributed by atoms with E-state index in [-0.39, 0.29) is 22.2 Å². The Hall–Kier alpha value is -3.04. The monoisotopic (exact) mass is 624 g/mol. The van der Waals surface area contributed by atoms with Gasteiger partial charge in [-0.05, 0) is 61.8 Å². The van der Waals surface area contributed by atoms with E-state index in [1.807, 2.05) is 19.2 Å². The molecule has 2 aliphatic heterocycles. The molecule has 0 aliphatic carbocycles. The molecular weight excluding hydrogens is 583 g/mol. The number of hydrogen-bond donors (Lipinski definition) is 2. The van der Waals surface area contributed by atoms with E-state index in [1.165, 1.54) is 0 Å². The molecule has 0 spiro atoms. The highest BCUT2D eigenvalue weighted by Gasteiger charge is 2.42. The van der Waals surface area contributed by atoms with Crippen LogP contribution in [0.3, 0.4) is 0 Å². The highest BCUT2D eigenvalue weighted by Crippen LogP contribution is 2.44. The summed E-state index contributed by atoms with van der Waals surface area (Å²) in [5, 5.41) is 21.4. The van der Waals surface area contributed by atoms with Gasteiger partial charge in [-0.3, -0.25) is 0 Å². The van der Waals surface area contributed by atoms with Crippen LogP contribution in [-0.2, 0) is 16.4 Å². The number of benzene rings is 1. The summed E-state index contributed by atoms with van der Waals surface area (Å²) < 4.78 is 23.9. The standard InChI is InChI=1S/C31H42ClFN8OSi/c1-29(2,3)43(6,7)42-20-30(4)18-36-27-22(17-34)14-21(15-23(27)30)24-8-11-35-28(37-24)38-26-16-25(32)39-41(26)19-31(33)9-12-40(5)13-10-31/h8,11,14-16,36H,9-10,12-13,18-20H2,1-7H3,(H,35,37,38)/t30-/m1/s1. The molecule has 4 heterocycles. The van der Waals surface area contributed by atoms with Gasteiger partial charge in [-0.25, -0.2) is 19.0 Å². The van der Waals surface area contributed by atoms with E-state index in [4.69, 9.17) is 21.0 Å². The number of halogens is 2. The molecule has 2 aliphatic rings. The number of aromatic nitrogens is 4. The predicted octanol–water partition coefficient (Wildman–Crippen LogP) is 6.75. The average Bonchev–Trinajstić information content (AvgIpc) is 3.46. The maximum atomic E-state index is 15.6. The molecule has 2 aromatic heterocycles. The van der Waals surface area contributed by atoms with Gasteiger partial charge in [0.1, 0.15) is 17.6 Å². The SMILES string of the molecule is CN1CCC(F)(Cn2nc(Cl)cc2Nc2nccc(-c3cc(C#N)c4c(c3)[C@@](C)(CO[Si](C)(C)C(C)(C)C)CN4)n2)CC1. The quantitative estimate of drug-likeness (QED) is 0.265. The second-order valence-electron chi connectivity index (χ2n) is 13.9. The van der Waals surface area contributed by atoms with E-state index in [2.05, 4.69) is 78.5 Å². The molecule has 2 N–H and O–H groups in total. The second kappa shape index (κ2) is 11.5. The van der Waals surface area contributed by atoms with Crippen molar-refractivity contribution in [2.45, 2.75) is 76.3 Å². The Morgan fingerprint density at radius 2 is 1.95 bits per heavy atom. The lowest BCUT2D eigenvalue weighted by Gasteiger charge is -2.39. The van der Waals surface area contributed by atoms with Crippen molar-refractivity contribution < 1.29 is 8.82 Å². The molecule has 3 aromatic rings. The van der Waals surface area contributed by atoms with Crippen molar-refractivity contribution in [3.8, 4) is 17.3 Å². The van der Waals surface area contributed by atoms with E-state index < -0.39 is 14.0 Å². The topological polar surface area (TPSA) is 104 Å². The van der Waals surface area contributed by atoms with E-state index in [1.54, 1.807) is 16.9 Å². The third-order valence-corrected chi connectivity index (χ3v) is 14.0. The summed E-state index contributed by atoms with van der Waals surface area (Å²) >= 11 is 6.25. The molecule has 0 saturated carbocycles. The average molecular weight is 625 g/mol. The van der Waals surface area contributed by atoms with Crippen molar-refractivity contribution >= 4 is 37.4 Å². The number of piperidine rings is 1. The van der Waals surface area contributed by atoms with Crippen LogP contribution in [0.5, 0.6) is 0 Å². The van der Waals surface area contributed by atoms with Gasteiger partial charge in [0.25, 0.3) is 0 Å². The summed E-state index contributed by atoms with van der Waals surface area (Å²) in [5.41, 5.74) is 2.26. The minimum atomic E-state index is -1.97. The summed E-state index contributed by atoms with van der Waals surface area (Å²) in [6.07, 6.45) is 2.53. The number of rotatable bonds is 8. The first-order valence-electron chi connectivity index (χ1n) is 14.8. The van der Waals surface area contributed by atoms with Crippen LogP contribution in [0, 0.1) is 11.3 Å². The van der Waals surface area contributed by atoms with Gasteiger partial charge in [0, 0.05) is 49.5 Å². The number of nitrogens with zero attached hydrogens (tertiary/aromatic N) is 6. The first kappa shape index (κ1) is 31.4. The van der Waals surface area contributed by atoms with Gasteiger partial charge in [0.05, 0.1) is 23.5 Å². The Labute approximate surface area is 259 Å². The second-order valence-corrected chi connectivity index (χ2v) is 19.1. The van der Waals surface area contributed by atoms with Crippen molar-refractivity contribution in [1.29, 1.82) is 5.26 Å². The van der Waals surface area contributed by atoms with Gasteiger partial charge >= 0.3 is 0 Å². The molecule has 9 nitrogen and oxygen atoms in total. The van der Waals surface area contributed by atoms with Crippen LogP contribution in [0.2, 0.25) is 23.3 Å². The van der Waals surface area contributed by atoms with Gasteiger partial charge in [-0.15, -0.1) is 0 Å². The normalized spacial score (nSPS) is 20.4. The van der Waals surface area contributed by atoms with E-state index in [0.717, 1.165) is 16.8 Å². The summed E-state index contributed by atoms with van der Waals surface area (Å²) in [6.45, 7) is 16.1. The molecule has 0 amide bonds. The summed E-state index contributed by atoms with van der Waals surface area (Å²) in [7, 11) is 0.0285. The summed E-state index contributed by atoms with van der Waals surface area (Å²) in [5.74, 6) is 0.845. The third-order valence-electron chi connectivity index (χ3n) is 9.38. The summed E-state index contributed by atoms with van der Waals surface area (Å²) in [6, 6.07) is 9.79. The Bertz CT molecular complexity index is 1540. The fourth-order valence-electron chi connectivity index (χ4n) is 5.35. The molecule has 12 heteroatoms. The Balaban J connectivity index is 1.41. The van der Waals surface area contributed by atoms with Gasteiger partial charge in [0.15, 0.2) is 13.5 Å². The van der Waals surface area contributed by atoms with Crippen LogP contribution in [-0.4, -0.2) is 71.9 Å². The fraction of sp³-hybridized carbons (Fsp3) is 0.548. The molecule has 1 saturated heterocycles. The number of anilines is 3. The van der Waals surface area contributed by atoms with Crippen LogP contribution in [0.1, 0.15) is 51.7 Å². The van der Waals surface area contributed by atoms with E-state index in [0.29, 0.717) is 62.1 Å². The molecule has 1 aromatic carbocycles. The number of hydrogen-bond acceptors (Lipinski definition) is 8. The van der Waals surface area contributed by atoms with Gasteiger partial charge in [-0.2, -0.15) is 10.4 Å². The minimum Gasteiger partial charge on any atom is -0.416 e. The molecule has 1 fully saturated rings. The first-order valence-corrected chi connectivity index (χ1v) is 18.1. The van der Waals surface area contributed by atoms with Gasteiger partial charge in [0.2, 0.25) is 5.95 Å². The number of nitrogens with one attached hydrogen (secondary N) is 2. The van der Waals surface area contributed by atoms with Crippen LogP contribution >= 0.6 is 11.6 Å². The molecule has 5 rings (SSSR count). The number of fused-ring (bicyclic) bond motifs is 1. The predicted molar refractivity (Wildman–Crippen MR) is 172 cm³/mol. The number of likely N-dealkylation sites (tertiary alicyclic amines) is 1. The molecular formula is C31H42ClFN8OSi. The lowest BCUT2D eigenvalue weighted by Crippen LogP contribution is -2.45. The number of nitriles is 1. The molecule has 43 heavy (non-hydrogen) atoms. The van der Waals surface area contributed by atoms with E-state index in [9.17, 15) is 5.26 Å². The Morgan fingerprint density at radius 1 is 1.23 bits per heavy atom. The fourth-order valence-corrected chi connectivity index (χ4v) is 6.66. The highest BCUT2D eigenvalue weighted by molar-refractivity contribution is 6.74. The van der Waals surface area contributed by atoms with Gasteiger partial charge < -0.3 is 20.0 Å². The molecule has 0 bridgehead atoms. The number of alkyl halides is 1. The van der Waals surface area contributed by atoms with Crippen molar-refractivity contribution in [2.75, 3.05) is 43.9 Å². The van der Waals surface area contributed by atoms with Crippen molar-refractivity contribution in [1.82, 2.24) is 24.6 Å². The largest absolute Gasteiger partial charge is 0.416 e. The lowest BCUT2D eigenvalue weighted by atomic mass is 9.83. The first-order chi connectivity index (χ1) is 20.1. The molecule has 230 valence electrons. The van der Waals surface area contributed by atoms with Crippen molar-refractivity contribution in [2.24, 2.45) is 0 Å². The third kappa shape index (κ3) is 6.58. The zero-order valence-electron chi connectivity index (χ0n) is 26.2. The van der Waals surface area contributed by atoms with Crippen LogP contribution in [0.15, 0.2) is 30.5 Å². The maximum absolute atomic E-state index is 15.6. The highest BCUT2D eigenvalue weighted by atomic mass is 35.5.